The van der Waals surface area contributed by atoms with Gasteiger partial charge in [-0.1, -0.05) is 0 Å². The van der Waals surface area contributed by atoms with E-state index in [9.17, 15) is 14.7 Å². The molecule has 4 N–H and O–H groups in total. The number of esters is 1. The monoisotopic (exact) mass is 319 g/mol. The molecule has 1 aromatic heterocycles. The molecule has 7 nitrogen and oxygen atoms in total. The number of hydrogen-bond acceptors (Lipinski definition) is 5. The van der Waals surface area contributed by atoms with E-state index in [1.807, 2.05) is 18.2 Å². The van der Waals surface area contributed by atoms with Crippen LogP contribution in [0.2, 0.25) is 0 Å². The number of anilines is 1. The summed E-state index contributed by atoms with van der Waals surface area (Å²) in [5, 5.41) is 16.3. The van der Waals surface area contributed by atoms with Gasteiger partial charge in [0.1, 0.15) is 5.69 Å². The highest BCUT2D eigenvalue weighted by atomic mass is 16.5. The average Bonchev–Trinajstić information content (AvgIpc) is 2.94. The highest BCUT2D eigenvalue weighted by molar-refractivity contribution is 5.95. The molecule has 1 unspecified atom stereocenters. The fourth-order valence-electron chi connectivity index (χ4n) is 2.13. The molecule has 0 bridgehead atoms. The Labute approximate surface area is 134 Å². The maximum atomic E-state index is 11.7. The number of rotatable bonds is 7. The zero-order chi connectivity index (χ0) is 16.8. The first-order chi connectivity index (χ1) is 11.0. The molecule has 2 rings (SSSR count). The Balaban J connectivity index is 1.99. The van der Waals surface area contributed by atoms with Crippen LogP contribution in [0.15, 0.2) is 24.3 Å². The van der Waals surface area contributed by atoms with Crippen molar-refractivity contribution < 1.29 is 19.4 Å². The van der Waals surface area contributed by atoms with Gasteiger partial charge in [0.2, 0.25) is 5.91 Å². The molecule has 0 spiro atoms. The van der Waals surface area contributed by atoms with E-state index in [2.05, 4.69) is 15.6 Å². The molecule has 1 atom stereocenters. The number of hydrogen-bond donors (Lipinski definition) is 4. The third-order valence-electron chi connectivity index (χ3n) is 3.24. The number of H-pyrrole nitrogens is 1. The molecule has 1 aromatic carbocycles. The minimum atomic E-state index is -0.684. The van der Waals surface area contributed by atoms with Crippen molar-refractivity contribution in [3.63, 3.8) is 0 Å². The van der Waals surface area contributed by atoms with Crippen molar-refractivity contribution >= 4 is 28.5 Å². The maximum Gasteiger partial charge on any atom is 0.354 e. The maximum absolute atomic E-state index is 11.7. The fourth-order valence-corrected chi connectivity index (χ4v) is 2.13. The molecular formula is C16H21N3O4. The summed E-state index contributed by atoms with van der Waals surface area (Å²) in [6, 6.07) is 7.30. The van der Waals surface area contributed by atoms with Gasteiger partial charge in [-0.15, -0.1) is 0 Å². The number of carbonyl (C=O) groups excluding carboxylic acids is 2. The van der Waals surface area contributed by atoms with Crippen LogP contribution in [0.4, 0.5) is 5.69 Å². The van der Waals surface area contributed by atoms with Crippen molar-refractivity contribution in [2.24, 2.45) is 0 Å². The second-order valence-corrected chi connectivity index (χ2v) is 5.18. The highest BCUT2D eigenvalue weighted by Crippen LogP contribution is 2.20. The molecule has 2 aromatic rings. The minimum Gasteiger partial charge on any atom is -0.461 e. The van der Waals surface area contributed by atoms with E-state index >= 15 is 0 Å². The second-order valence-electron chi connectivity index (χ2n) is 5.18. The van der Waals surface area contributed by atoms with Gasteiger partial charge >= 0.3 is 5.97 Å². The lowest BCUT2D eigenvalue weighted by Gasteiger charge is -2.13. The standard InChI is InChI=1S/C16H21N3O4/c1-3-23-16(22)15-7-11-6-12(4-5-14(11)19-15)18-9-13(21)8-17-10(2)20/h4-7,13,18-19,21H,3,8-9H2,1-2H3,(H,17,20). The number of ether oxygens (including phenoxy) is 1. The minimum absolute atomic E-state index is 0.177. The Hall–Kier alpha value is -2.54. The SMILES string of the molecule is CCOC(=O)c1cc2cc(NCC(O)CNC(C)=O)ccc2[nH]1. The van der Waals surface area contributed by atoms with Gasteiger partial charge in [0.15, 0.2) is 0 Å². The van der Waals surface area contributed by atoms with Crippen LogP contribution in [0.1, 0.15) is 24.3 Å². The molecule has 1 heterocycles. The van der Waals surface area contributed by atoms with E-state index in [1.54, 1.807) is 13.0 Å². The summed E-state index contributed by atoms with van der Waals surface area (Å²) in [5.74, 6) is -0.562. The summed E-state index contributed by atoms with van der Waals surface area (Å²) in [6.07, 6.45) is -0.684. The molecule has 0 aliphatic rings. The lowest BCUT2D eigenvalue weighted by molar-refractivity contribution is -0.119. The van der Waals surface area contributed by atoms with Crippen molar-refractivity contribution in [3.05, 3.63) is 30.0 Å². The van der Waals surface area contributed by atoms with Crippen LogP contribution in [-0.2, 0) is 9.53 Å². The number of fused-ring (bicyclic) bond motifs is 1. The lowest BCUT2D eigenvalue weighted by atomic mass is 10.2. The first-order valence-corrected chi connectivity index (χ1v) is 7.46. The third-order valence-corrected chi connectivity index (χ3v) is 3.24. The van der Waals surface area contributed by atoms with Crippen molar-refractivity contribution in [1.29, 1.82) is 0 Å². The number of aliphatic hydroxyl groups excluding tert-OH is 1. The van der Waals surface area contributed by atoms with Crippen LogP contribution in [0, 0.1) is 0 Å². The summed E-state index contributed by atoms with van der Waals surface area (Å²) in [7, 11) is 0. The predicted octanol–water partition coefficient (Wildman–Crippen LogP) is 1.25. The zero-order valence-electron chi connectivity index (χ0n) is 13.2. The summed E-state index contributed by atoms with van der Waals surface area (Å²) in [5.41, 5.74) is 2.05. The van der Waals surface area contributed by atoms with Crippen molar-refractivity contribution in [2.75, 3.05) is 25.0 Å². The van der Waals surface area contributed by atoms with E-state index in [1.165, 1.54) is 6.92 Å². The topological polar surface area (TPSA) is 103 Å². The molecule has 1 amide bonds. The lowest BCUT2D eigenvalue weighted by Crippen LogP contribution is -2.34. The van der Waals surface area contributed by atoms with Crippen LogP contribution < -0.4 is 10.6 Å². The molecule has 124 valence electrons. The predicted molar refractivity (Wildman–Crippen MR) is 87.4 cm³/mol. The number of aromatic amines is 1. The Bertz CT molecular complexity index is 696. The van der Waals surface area contributed by atoms with Gasteiger partial charge in [0, 0.05) is 36.6 Å². The Kier molecular flexibility index (Phi) is 5.59. The molecule has 7 heteroatoms. The summed E-state index contributed by atoms with van der Waals surface area (Å²) in [4.78, 5) is 25.5. The van der Waals surface area contributed by atoms with Crippen LogP contribution in [0.5, 0.6) is 0 Å². The number of aromatic nitrogens is 1. The molecule has 0 saturated carbocycles. The van der Waals surface area contributed by atoms with Crippen molar-refractivity contribution in [2.45, 2.75) is 20.0 Å². The zero-order valence-corrected chi connectivity index (χ0v) is 13.2. The second kappa shape index (κ2) is 7.64. The van der Waals surface area contributed by atoms with Crippen LogP contribution in [0.3, 0.4) is 0 Å². The van der Waals surface area contributed by atoms with Gasteiger partial charge in [-0.2, -0.15) is 0 Å². The Morgan fingerprint density at radius 1 is 1.30 bits per heavy atom. The van der Waals surface area contributed by atoms with Gasteiger partial charge in [0.25, 0.3) is 0 Å². The summed E-state index contributed by atoms with van der Waals surface area (Å²) >= 11 is 0. The van der Waals surface area contributed by atoms with Crippen LogP contribution >= 0.6 is 0 Å². The normalized spacial score (nSPS) is 12.0. The Morgan fingerprint density at radius 2 is 2.09 bits per heavy atom. The van der Waals surface area contributed by atoms with Gasteiger partial charge in [0.05, 0.1) is 12.7 Å². The molecule has 0 radical (unpaired) electrons. The number of nitrogens with one attached hydrogen (secondary N) is 3. The number of carbonyl (C=O) groups is 2. The third kappa shape index (κ3) is 4.72. The number of aliphatic hydroxyl groups is 1. The van der Waals surface area contributed by atoms with Gasteiger partial charge in [-0.25, -0.2) is 4.79 Å². The highest BCUT2D eigenvalue weighted by Gasteiger charge is 2.11. The van der Waals surface area contributed by atoms with Gasteiger partial charge in [-0.3, -0.25) is 4.79 Å². The molecule has 0 saturated heterocycles. The van der Waals surface area contributed by atoms with Gasteiger partial charge in [-0.05, 0) is 31.2 Å². The van der Waals surface area contributed by atoms with E-state index in [4.69, 9.17) is 4.74 Å². The quantitative estimate of drug-likeness (QED) is 0.575. The Morgan fingerprint density at radius 3 is 2.78 bits per heavy atom. The molecule has 0 aliphatic heterocycles. The van der Waals surface area contributed by atoms with E-state index in [0.717, 1.165) is 16.6 Å². The molecule has 0 fully saturated rings. The number of amides is 1. The fraction of sp³-hybridized carbons (Fsp3) is 0.375. The molecule has 23 heavy (non-hydrogen) atoms. The van der Waals surface area contributed by atoms with Crippen LogP contribution in [-0.4, -0.2) is 47.8 Å². The van der Waals surface area contributed by atoms with E-state index < -0.39 is 6.10 Å². The average molecular weight is 319 g/mol. The largest absolute Gasteiger partial charge is 0.461 e. The first kappa shape index (κ1) is 16.8. The van der Waals surface area contributed by atoms with Gasteiger partial charge < -0.3 is 25.5 Å². The number of benzene rings is 1. The van der Waals surface area contributed by atoms with Crippen molar-refractivity contribution in [3.8, 4) is 0 Å². The molecule has 0 aliphatic carbocycles. The van der Waals surface area contributed by atoms with Crippen molar-refractivity contribution in [1.82, 2.24) is 10.3 Å². The smallest absolute Gasteiger partial charge is 0.354 e. The first-order valence-electron chi connectivity index (χ1n) is 7.46. The van der Waals surface area contributed by atoms with Crippen LogP contribution in [0.25, 0.3) is 10.9 Å². The summed E-state index contributed by atoms with van der Waals surface area (Å²) < 4.78 is 4.96. The van der Waals surface area contributed by atoms with E-state index in [-0.39, 0.29) is 18.4 Å². The summed E-state index contributed by atoms with van der Waals surface area (Å²) in [6.45, 7) is 3.99. The van der Waals surface area contributed by atoms with E-state index in [0.29, 0.717) is 18.8 Å². The molecular weight excluding hydrogens is 298 g/mol.